The Morgan fingerprint density at radius 1 is 1.55 bits per heavy atom. The molecule has 8 nitrogen and oxygen atoms in total. The fraction of sp³-hybridized carbons (Fsp3) is 0.500. The molecule has 118 valence electrons. The molecule has 1 aliphatic rings. The van der Waals surface area contributed by atoms with Crippen molar-refractivity contribution < 1.29 is 9.66 Å². The number of benzene rings is 1. The molecule has 1 aliphatic heterocycles. The summed E-state index contributed by atoms with van der Waals surface area (Å²) in [5.74, 6) is 0.611. The van der Waals surface area contributed by atoms with Gasteiger partial charge in [-0.1, -0.05) is 0 Å². The Labute approximate surface area is 127 Å². The summed E-state index contributed by atoms with van der Waals surface area (Å²) in [6.07, 6.45) is 2.16. The Bertz CT molecular complexity index is 678. The molecule has 1 aromatic carbocycles. The molecule has 3 N–H and O–H groups in total. The van der Waals surface area contributed by atoms with E-state index < -0.39 is 4.92 Å². The van der Waals surface area contributed by atoms with Gasteiger partial charge in [0, 0.05) is 25.8 Å². The molecule has 0 radical (unpaired) electrons. The van der Waals surface area contributed by atoms with Crippen molar-refractivity contribution in [1.82, 2.24) is 15.3 Å². The summed E-state index contributed by atoms with van der Waals surface area (Å²) in [6.45, 7) is 2.30. The van der Waals surface area contributed by atoms with Crippen LogP contribution in [0.4, 0.5) is 11.6 Å². The molecule has 1 fully saturated rings. The van der Waals surface area contributed by atoms with Gasteiger partial charge in [0.05, 0.1) is 28.1 Å². The summed E-state index contributed by atoms with van der Waals surface area (Å²) in [6, 6.07) is 4.60. The summed E-state index contributed by atoms with van der Waals surface area (Å²) < 4.78 is 5.31. The second kappa shape index (κ2) is 5.90. The molecule has 0 amide bonds. The summed E-state index contributed by atoms with van der Waals surface area (Å²) in [4.78, 5) is 17.9. The minimum atomic E-state index is -0.413. The van der Waals surface area contributed by atoms with Gasteiger partial charge in [-0.2, -0.15) is 0 Å². The highest BCUT2D eigenvalue weighted by atomic mass is 16.6. The maximum Gasteiger partial charge on any atom is 0.271 e. The van der Waals surface area contributed by atoms with Crippen molar-refractivity contribution in [2.75, 3.05) is 32.1 Å². The first kappa shape index (κ1) is 14.7. The summed E-state index contributed by atoms with van der Waals surface area (Å²) in [5, 5.41) is 17.6. The van der Waals surface area contributed by atoms with Crippen molar-refractivity contribution in [3.8, 4) is 0 Å². The lowest BCUT2D eigenvalue weighted by atomic mass is 9.99. The smallest absolute Gasteiger partial charge is 0.271 e. The molecule has 3 rings (SSSR count). The van der Waals surface area contributed by atoms with E-state index in [-0.39, 0.29) is 11.2 Å². The van der Waals surface area contributed by atoms with Crippen LogP contribution in [0.3, 0.4) is 0 Å². The number of nitrogens with one attached hydrogen (secondary N) is 3. The number of methoxy groups -OCH3 is 1. The van der Waals surface area contributed by atoms with Crippen molar-refractivity contribution in [2.45, 2.75) is 18.4 Å². The summed E-state index contributed by atoms with van der Waals surface area (Å²) >= 11 is 0. The molecule has 8 heteroatoms. The van der Waals surface area contributed by atoms with Gasteiger partial charge in [-0.15, -0.1) is 0 Å². The SMILES string of the molecule is COCC1(CNc2nc3ccc([N+](=O)[O-])cc3[nH]2)CCCN1. The number of hydrogen-bond acceptors (Lipinski definition) is 6. The molecular weight excluding hydrogens is 286 g/mol. The lowest BCUT2D eigenvalue weighted by Crippen LogP contribution is -2.49. The molecule has 0 aliphatic carbocycles. The lowest BCUT2D eigenvalue weighted by molar-refractivity contribution is -0.384. The number of anilines is 1. The third kappa shape index (κ3) is 2.88. The largest absolute Gasteiger partial charge is 0.383 e. The van der Waals surface area contributed by atoms with Gasteiger partial charge in [-0.3, -0.25) is 10.1 Å². The fourth-order valence-electron chi connectivity index (χ4n) is 2.92. The number of hydrogen-bond donors (Lipinski definition) is 3. The van der Waals surface area contributed by atoms with Gasteiger partial charge >= 0.3 is 0 Å². The van der Waals surface area contributed by atoms with E-state index in [1.165, 1.54) is 12.1 Å². The Balaban J connectivity index is 1.75. The van der Waals surface area contributed by atoms with Crippen molar-refractivity contribution in [2.24, 2.45) is 0 Å². The average Bonchev–Trinajstić information content (AvgIpc) is 3.11. The molecule has 1 saturated heterocycles. The van der Waals surface area contributed by atoms with Gasteiger partial charge in [0.15, 0.2) is 0 Å². The molecule has 1 atom stereocenters. The monoisotopic (exact) mass is 305 g/mol. The third-order valence-electron chi connectivity index (χ3n) is 4.02. The van der Waals surface area contributed by atoms with Gasteiger partial charge in [-0.05, 0) is 25.5 Å². The molecular formula is C14H19N5O3. The number of rotatable bonds is 6. The quantitative estimate of drug-likeness (QED) is 0.553. The normalized spacial score (nSPS) is 21.3. The highest BCUT2D eigenvalue weighted by Gasteiger charge is 2.33. The van der Waals surface area contributed by atoms with Crippen molar-refractivity contribution in [3.05, 3.63) is 28.3 Å². The standard InChI is InChI=1S/C14H19N5O3/c1-22-9-14(5-2-6-16-14)8-15-13-17-11-4-3-10(19(20)21)7-12(11)18-13/h3-4,7,16H,2,5-6,8-9H2,1H3,(H2,15,17,18). The molecule has 22 heavy (non-hydrogen) atoms. The van der Waals surface area contributed by atoms with E-state index in [1.54, 1.807) is 13.2 Å². The van der Waals surface area contributed by atoms with E-state index in [9.17, 15) is 10.1 Å². The van der Waals surface area contributed by atoms with Gasteiger partial charge in [0.1, 0.15) is 0 Å². The summed E-state index contributed by atoms with van der Waals surface area (Å²) in [5.41, 5.74) is 1.32. The van der Waals surface area contributed by atoms with Crippen LogP contribution in [0.2, 0.25) is 0 Å². The molecule has 1 aromatic heterocycles. The van der Waals surface area contributed by atoms with Crippen LogP contribution in [0, 0.1) is 10.1 Å². The number of aromatic nitrogens is 2. The fourth-order valence-corrected chi connectivity index (χ4v) is 2.92. The number of aromatic amines is 1. The predicted molar refractivity (Wildman–Crippen MR) is 83.1 cm³/mol. The van der Waals surface area contributed by atoms with Crippen molar-refractivity contribution in [1.29, 1.82) is 0 Å². The Hall–Kier alpha value is -2.19. The zero-order chi connectivity index (χ0) is 15.6. The minimum Gasteiger partial charge on any atom is -0.383 e. The van der Waals surface area contributed by atoms with E-state index >= 15 is 0 Å². The molecule has 1 unspecified atom stereocenters. The Morgan fingerprint density at radius 2 is 2.41 bits per heavy atom. The number of H-pyrrole nitrogens is 1. The van der Waals surface area contributed by atoms with Gasteiger partial charge in [-0.25, -0.2) is 4.98 Å². The van der Waals surface area contributed by atoms with Crippen LogP contribution in [0.25, 0.3) is 11.0 Å². The van der Waals surface area contributed by atoms with E-state index in [2.05, 4.69) is 20.6 Å². The number of nitro benzene ring substituents is 1. The molecule has 0 spiro atoms. The van der Waals surface area contributed by atoms with E-state index in [4.69, 9.17) is 4.74 Å². The highest BCUT2D eigenvalue weighted by molar-refractivity contribution is 5.79. The zero-order valence-corrected chi connectivity index (χ0v) is 12.4. The second-order valence-electron chi connectivity index (χ2n) is 5.64. The maximum atomic E-state index is 10.8. The first-order valence-corrected chi connectivity index (χ1v) is 7.24. The van der Waals surface area contributed by atoms with E-state index in [1.807, 2.05) is 0 Å². The first-order chi connectivity index (χ1) is 10.6. The van der Waals surface area contributed by atoms with E-state index in [0.717, 1.165) is 19.4 Å². The van der Waals surface area contributed by atoms with Crippen LogP contribution in [0.1, 0.15) is 12.8 Å². The van der Waals surface area contributed by atoms with Crippen LogP contribution >= 0.6 is 0 Å². The average molecular weight is 305 g/mol. The van der Waals surface area contributed by atoms with Crippen LogP contribution in [0.5, 0.6) is 0 Å². The third-order valence-corrected chi connectivity index (χ3v) is 4.02. The van der Waals surface area contributed by atoms with Gasteiger partial charge in [0.2, 0.25) is 5.95 Å². The Morgan fingerprint density at radius 3 is 3.09 bits per heavy atom. The molecule has 2 heterocycles. The second-order valence-corrected chi connectivity index (χ2v) is 5.64. The number of non-ortho nitro benzene ring substituents is 1. The minimum absolute atomic E-state index is 0.0519. The number of nitrogens with zero attached hydrogens (tertiary/aromatic N) is 2. The van der Waals surface area contributed by atoms with Crippen molar-refractivity contribution >= 4 is 22.7 Å². The van der Waals surface area contributed by atoms with Crippen molar-refractivity contribution in [3.63, 3.8) is 0 Å². The number of imidazole rings is 1. The van der Waals surface area contributed by atoms with Gasteiger partial charge < -0.3 is 20.4 Å². The number of nitro groups is 1. The number of ether oxygens (including phenoxy) is 1. The topological polar surface area (TPSA) is 105 Å². The predicted octanol–water partition coefficient (Wildman–Crippen LogP) is 1.65. The molecule has 2 aromatic rings. The number of fused-ring (bicyclic) bond motifs is 1. The summed E-state index contributed by atoms with van der Waals surface area (Å²) in [7, 11) is 1.70. The van der Waals surface area contributed by atoms with E-state index in [0.29, 0.717) is 30.1 Å². The maximum absolute atomic E-state index is 10.8. The van der Waals surface area contributed by atoms with Crippen LogP contribution in [-0.2, 0) is 4.74 Å². The molecule has 0 bridgehead atoms. The lowest BCUT2D eigenvalue weighted by Gasteiger charge is -2.28. The van der Waals surface area contributed by atoms with Crippen LogP contribution in [0.15, 0.2) is 18.2 Å². The van der Waals surface area contributed by atoms with Crippen LogP contribution in [-0.4, -0.2) is 47.2 Å². The highest BCUT2D eigenvalue weighted by Crippen LogP contribution is 2.23. The molecule has 0 saturated carbocycles. The van der Waals surface area contributed by atoms with Gasteiger partial charge in [0.25, 0.3) is 5.69 Å². The first-order valence-electron chi connectivity index (χ1n) is 7.24. The van der Waals surface area contributed by atoms with Crippen LogP contribution < -0.4 is 10.6 Å². The Kier molecular flexibility index (Phi) is 3.95. The zero-order valence-electron chi connectivity index (χ0n) is 12.4.